The highest BCUT2D eigenvalue weighted by atomic mass is 15.1. The van der Waals surface area contributed by atoms with Crippen molar-refractivity contribution in [3.05, 3.63) is 29.8 Å². The lowest BCUT2D eigenvalue weighted by Gasteiger charge is -2.25. The van der Waals surface area contributed by atoms with E-state index in [0.29, 0.717) is 6.04 Å². The van der Waals surface area contributed by atoms with Crippen LogP contribution in [0.2, 0.25) is 0 Å². The first kappa shape index (κ1) is 13.0. The zero-order valence-corrected chi connectivity index (χ0v) is 10.9. The zero-order valence-electron chi connectivity index (χ0n) is 10.9. The molecule has 0 aromatic heterocycles. The minimum absolute atomic E-state index is 0.458. The SMILES string of the molecule is CC(C)CCN(C)C(C)c1ccc(N)cc1. The van der Waals surface area contributed by atoms with Crippen molar-refractivity contribution < 1.29 is 0 Å². The van der Waals surface area contributed by atoms with Crippen molar-refractivity contribution in [1.29, 1.82) is 0 Å². The van der Waals surface area contributed by atoms with Crippen molar-refractivity contribution in [2.45, 2.75) is 33.2 Å². The molecule has 0 aliphatic carbocycles. The van der Waals surface area contributed by atoms with E-state index in [9.17, 15) is 0 Å². The number of rotatable bonds is 5. The summed E-state index contributed by atoms with van der Waals surface area (Å²) in [6.07, 6.45) is 1.25. The van der Waals surface area contributed by atoms with Gasteiger partial charge in [0.05, 0.1) is 0 Å². The number of nitrogens with zero attached hydrogens (tertiary/aromatic N) is 1. The van der Waals surface area contributed by atoms with Crippen molar-refractivity contribution >= 4 is 5.69 Å². The summed E-state index contributed by atoms with van der Waals surface area (Å²) in [6.45, 7) is 7.92. The van der Waals surface area contributed by atoms with Crippen molar-refractivity contribution in [3.63, 3.8) is 0 Å². The maximum Gasteiger partial charge on any atom is 0.0316 e. The van der Waals surface area contributed by atoms with Crippen molar-refractivity contribution in [2.24, 2.45) is 5.92 Å². The summed E-state index contributed by atoms with van der Waals surface area (Å²) in [5, 5.41) is 0. The van der Waals surface area contributed by atoms with Crippen molar-refractivity contribution in [3.8, 4) is 0 Å². The van der Waals surface area contributed by atoms with E-state index in [1.54, 1.807) is 0 Å². The van der Waals surface area contributed by atoms with Gasteiger partial charge >= 0.3 is 0 Å². The van der Waals surface area contributed by atoms with E-state index in [1.165, 1.54) is 12.0 Å². The Morgan fingerprint density at radius 2 is 1.69 bits per heavy atom. The summed E-state index contributed by atoms with van der Waals surface area (Å²) in [5.41, 5.74) is 7.86. The summed E-state index contributed by atoms with van der Waals surface area (Å²) in [7, 11) is 2.18. The van der Waals surface area contributed by atoms with Gasteiger partial charge < -0.3 is 5.73 Å². The third-order valence-corrected chi connectivity index (χ3v) is 3.14. The highest BCUT2D eigenvalue weighted by molar-refractivity contribution is 5.39. The third kappa shape index (κ3) is 3.86. The van der Waals surface area contributed by atoms with E-state index in [4.69, 9.17) is 5.73 Å². The average molecular weight is 220 g/mol. The predicted molar refractivity (Wildman–Crippen MR) is 71.4 cm³/mol. The molecule has 0 spiro atoms. The van der Waals surface area contributed by atoms with Crippen LogP contribution in [0.15, 0.2) is 24.3 Å². The predicted octanol–water partition coefficient (Wildman–Crippen LogP) is 3.31. The molecule has 2 N–H and O–H groups in total. The number of benzene rings is 1. The fourth-order valence-corrected chi connectivity index (χ4v) is 1.68. The second kappa shape index (κ2) is 5.90. The van der Waals surface area contributed by atoms with E-state index < -0.39 is 0 Å². The van der Waals surface area contributed by atoms with Gasteiger partial charge in [0.2, 0.25) is 0 Å². The highest BCUT2D eigenvalue weighted by Crippen LogP contribution is 2.20. The molecule has 1 rings (SSSR count). The molecule has 0 aliphatic heterocycles. The van der Waals surface area contributed by atoms with Crippen LogP contribution in [0.5, 0.6) is 0 Å². The molecule has 0 bridgehead atoms. The Hall–Kier alpha value is -1.02. The van der Waals surface area contributed by atoms with E-state index in [2.05, 4.69) is 44.9 Å². The summed E-state index contributed by atoms with van der Waals surface area (Å²) < 4.78 is 0. The number of nitrogen functional groups attached to an aromatic ring is 1. The lowest BCUT2D eigenvalue weighted by Crippen LogP contribution is -2.24. The first-order valence-corrected chi connectivity index (χ1v) is 6.06. The Bertz CT molecular complexity index is 303. The standard InChI is InChI=1S/C14H24N2/c1-11(2)9-10-16(4)12(3)13-5-7-14(15)8-6-13/h5-8,11-12H,9-10,15H2,1-4H3. The minimum atomic E-state index is 0.458. The van der Waals surface area contributed by atoms with Crippen LogP contribution in [0.25, 0.3) is 0 Å². The molecule has 1 aromatic carbocycles. The van der Waals surface area contributed by atoms with Crippen LogP contribution < -0.4 is 5.73 Å². The highest BCUT2D eigenvalue weighted by Gasteiger charge is 2.11. The smallest absolute Gasteiger partial charge is 0.0316 e. The zero-order chi connectivity index (χ0) is 12.1. The minimum Gasteiger partial charge on any atom is -0.399 e. The second-order valence-corrected chi connectivity index (χ2v) is 5.01. The first-order valence-electron chi connectivity index (χ1n) is 6.06. The maximum atomic E-state index is 5.69. The monoisotopic (exact) mass is 220 g/mol. The molecule has 0 fully saturated rings. The number of nitrogens with two attached hydrogens (primary N) is 1. The van der Waals surface area contributed by atoms with Gasteiger partial charge in [-0.15, -0.1) is 0 Å². The van der Waals surface area contributed by atoms with E-state index in [0.717, 1.165) is 18.2 Å². The lowest BCUT2D eigenvalue weighted by molar-refractivity contribution is 0.246. The van der Waals surface area contributed by atoms with Gasteiger partial charge in [0.1, 0.15) is 0 Å². The summed E-state index contributed by atoms with van der Waals surface area (Å²) in [6, 6.07) is 8.64. The van der Waals surface area contributed by atoms with Crippen LogP contribution in [0.3, 0.4) is 0 Å². The molecule has 1 atom stereocenters. The Kier molecular flexibility index (Phi) is 4.81. The Balaban J connectivity index is 2.56. The van der Waals surface area contributed by atoms with Gasteiger partial charge in [-0.3, -0.25) is 4.90 Å². The molecule has 0 saturated heterocycles. The van der Waals surface area contributed by atoms with Crippen molar-refractivity contribution in [2.75, 3.05) is 19.3 Å². The topological polar surface area (TPSA) is 29.3 Å². The Labute approximate surface area is 99.5 Å². The molecule has 0 saturated carbocycles. The van der Waals surface area contributed by atoms with Crippen LogP contribution in [0.4, 0.5) is 5.69 Å². The fraction of sp³-hybridized carbons (Fsp3) is 0.571. The quantitative estimate of drug-likeness (QED) is 0.771. The molecular formula is C14H24N2. The van der Waals surface area contributed by atoms with Gasteiger partial charge in [-0.25, -0.2) is 0 Å². The molecule has 90 valence electrons. The third-order valence-electron chi connectivity index (χ3n) is 3.14. The van der Waals surface area contributed by atoms with Gasteiger partial charge in [-0.2, -0.15) is 0 Å². The number of hydrogen-bond acceptors (Lipinski definition) is 2. The number of hydrogen-bond donors (Lipinski definition) is 1. The molecule has 1 unspecified atom stereocenters. The van der Waals surface area contributed by atoms with E-state index in [1.807, 2.05) is 12.1 Å². The summed E-state index contributed by atoms with van der Waals surface area (Å²) >= 11 is 0. The van der Waals surface area contributed by atoms with Gasteiger partial charge in [0.15, 0.2) is 0 Å². The van der Waals surface area contributed by atoms with E-state index >= 15 is 0 Å². The molecule has 0 radical (unpaired) electrons. The van der Waals surface area contributed by atoms with Crippen LogP contribution in [0.1, 0.15) is 38.8 Å². The van der Waals surface area contributed by atoms with Gasteiger partial charge in [-0.05, 0) is 50.6 Å². The van der Waals surface area contributed by atoms with Crippen LogP contribution in [-0.2, 0) is 0 Å². The summed E-state index contributed by atoms with van der Waals surface area (Å²) in [5.74, 6) is 0.765. The van der Waals surface area contributed by atoms with Crippen molar-refractivity contribution in [1.82, 2.24) is 4.90 Å². The molecule has 2 nitrogen and oxygen atoms in total. The number of anilines is 1. The Morgan fingerprint density at radius 1 is 1.12 bits per heavy atom. The van der Waals surface area contributed by atoms with E-state index in [-0.39, 0.29) is 0 Å². The molecular weight excluding hydrogens is 196 g/mol. The molecule has 0 heterocycles. The first-order chi connectivity index (χ1) is 7.50. The largest absolute Gasteiger partial charge is 0.399 e. The fourth-order valence-electron chi connectivity index (χ4n) is 1.68. The van der Waals surface area contributed by atoms with Gasteiger partial charge in [-0.1, -0.05) is 26.0 Å². The second-order valence-electron chi connectivity index (χ2n) is 5.01. The van der Waals surface area contributed by atoms with Gasteiger partial charge in [0, 0.05) is 11.7 Å². The normalized spacial score (nSPS) is 13.4. The Morgan fingerprint density at radius 3 is 2.19 bits per heavy atom. The molecule has 1 aromatic rings. The summed E-state index contributed by atoms with van der Waals surface area (Å²) in [4.78, 5) is 2.39. The average Bonchev–Trinajstić information content (AvgIpc) is 2.26. The molecule has 2 heteroatoms. The lowest BCUT2D eigenvalue weighted by atomic mass is 10.1. The van der Waals surface area contributed by atoms with Crippen LogP contribution in [0, 0.1) is 5.92 Å². The molecule has 16 heavy (non-hydrogen) atoms. The maximum absolute atomic E-state index is 5.69. The van der Waals surface area contributed by atoms with Crippen LogP contribution >= 0.6 is 0 Å². The van der Waals surface area contributed by atoms with Crippen LogP contribution in [-0.4, -0.2) is 18.5 Å². The van der Waals surface area contributed by atoms with Gasteiger partial charge in [0.25, 0.3) is 0 Å². The molecule has 0 amide bonds. The molecule has 0 aliphatic rings.